The van der Waals surface area contributed by atoms with Gasteiger partial charge in [0.25, 0.3) is 5.91 Å². The molecule has 1 amide bonds. The number of carbonyl (C=O) groups is 1. The second-order valence-electron chi connectivity index (χ2n) is 6.19. The molecule has 22 heavy (non-hydrogen) atoms. The minimum atomic E-state index is -0.192. The highest BCUT2D eigenvalue weighted by atomic mass is 32.1. The van der Waals surface area contributed by atoms with E-state index in [9.17, 15) is 9.18 Å². The lowest BCUT2D eigenvalue weighted by Crippen LogP contribution is -2.46. The summed E-state index contributed by atoms with van der Waals surface area (Å²) in [5.41, 5.74) is 3.47. The number of hydrogen-bond donors (Lipinski definition) is 0. The third kappa shape index (κ3) is 2.33. The molecule has 114 valence electrons. The molecule has 3 atom stereocenters. The van der Waals surface area contributed by atoms with Crippen LogP contribution in [0.2, 0.25) is 0 Å². The third-order valence-corrected chi connectivity index (χ3v) is 5.55. The molecule has 2 aliphatic rings. The number of carbonyl (C=O) groups excluding carboxylic acids is 1. The first-order valence-electron chi connectivity index (χ1n) is 7.68. The minimum absolute atomic E-state index is 0.0753. The minimum Gasteiger partial charge on any atom is -0.331 e. The second-order valence-corrected chi connectivity index (χ2v) is 6.91. The van der Waals surface area contributed by atoms with Crippen LogP contribution in [0.4, 0.5) is 4.39 Å². The molecule has 0 aliphatic carbocycles. The fraction of sp³-hybridized carbons (Fsp3) is 0.412. The molecule has 0 saturated carbocycles. The molecule has 2 fully saturated rings. The third-order valence-electron chi connectivity index (χ3n) is 4.96. The molecule has 0 radical (unpaired) electrons. The Balaban J connectivity index is 1.54. The summed E-state index contributed by atoms with van der Waals surface area (Å²) in [4.78, 5) is 18.8. The average molecular weight is 316 g/mol. The van der Waals surface area contributed by atoms with Crippen molar-refractivity contribution in [2.75, 3.05) is 0 Å². The number of thiazole rings is 1. The molecule has 3 heterocycles. The Morgan fingerprint density at radius 3 is 2.45 bits per heavy atom. The lowest BCUT2D eigenvalue weighted by atomic mass is 9.85. The first-order chi connectivity index (χ1) is 10.7. The van der Waals surface area contributed by atoms with Crippen molar-refractivity contribution in [3.8, 4) is 0 Å². The highest BCUT2D eigenvalue weighted by Gasteiger charge is 2.44. The van der Waals surface area contributed by atoms with Crippen molar-refractivity contribution >= 4 is 17.2 Å². The zero-order valence-electron chi connectivity index (χ0n) is 12.1. The van der Waals surface area contributed by atoms with Gasteiger partial charge in [-0.25, -0.2) is 9.37 Å². The van der Waals surface area contributed by atoms with E-state index in [0.29, 0.717) is 23.7 Å². The fourth-order valence-electron chi connectivity index (χ4n) is 3.97. The first kappa shape index (κ1) is 13.9. The van der Waals surface area contributed by atoms with Crippen LogP contribution in [-0.4, -0.2) is 27.9 Å². The molecule has 3 nitrogen and oxygen atoms in total. The van der Waals surface area contributed by atoms with Crippen LogP contribution in [0.5, 0.6) is 0 Å². The number of aromatic nitrogens is 1. The van der Waals surface area contributed by atoms with Crippen LogP contribution in [0.1, 0.15) is 47.7 Å². The van der Waals surface area contributed by atoms with Gasteiger partial charge in [0.15, 0.2) is 0 Å². The van der Waals surface area contributed by atoms with Crippen molar-refractivity contribution in [2.24, 2.45) is 0 Å². The summed E-state index contributed by atoms with van der Waals surface area (Å²) in [6.07, 6.45) is 4.08. The molecule has 2 saturated heterocycles. The molecular weight excluding hydrogens is 299 g/mol. The highest BCUT2D eigenvalue weighted by Crippen LogP contribution is 2.43. The molecular formula is C17H17FN2OS. The van der Waals surface area contributed by atoms with Gasteiger partial charge >= 0.3 is 0 Å². The van der Waals surface area contributed by atoms with Gasteiger partial charge in [-0.1, -0.05) is 12.1 Å². The number of hydrogen-bond acceptors (Lipinski definition) is 3. The van der Waals surface area contributed by atoms with Gasteiger partial charge in [0.2, 0.25) is 0 Å². The zero-order valence-corrected chi connectivity index (χ0v) is 12.9. The number of fused-ring (bicyclic) bond motifs is 2. The van der Waals surface area contributed by atoms with Crippen molar-refractivity contribution < 1.29 is 9.18 Å². The molecule has 2 bridgehead atoms. The Morgan fingerprint density at radius 1 is 1.18 bits per heavy atom. The van der Waals surface area contributed by atoms with Crippen molar-refractivity contribution in [3.63, 3.8) is 0 Å². The summed E-state index contributed by atoms with van der Waals surface area (Å²) < 4.78 is 13.1. The monoisotopic (exact) mass is 316 g/mol. The molecule has 5 heteroatoms. The Labute approximate surface area is 132 Å². The molecule has 0 unspecified atom stereocenters. The van der Waals surface area contributed by atoms with Crippen molar-refractivity contribution in [2.45, 2.75) is 43.7 Å². The number of halogens is 1. The lowest BCUT2D eigenvalue weighted by molar-refractivity contribution is 0.0566. The molecule has 1 aromatic heterocycles. The van der Waals surface area contributed by atoms with E-state index >= 15 is 0 Å². The summed E-state index contributed by atoms with van der Waals surface area (Å²) in [5.74, 6) is 0.312. The largest absolute Gasteiger partial charge is 0.331 e. The van der Waals surface area contributed by atoms with Gasteiger partial charge in [0.1, 0.15) is 11.5 Å². The number of rotatable bonds is 2. The second kappa shape index (κ2) is 5.47. The Morgan fingerprint density at radius 2 is 1.86 bits per heavy atom. The molecule has 2 aromatic rings. The van der Waals surface area contributed by atoms with Crippen LogP contribution in [0, 0.1) is 5.82 Å². The Hall–Kier alpha value is -1.75. The normalized spacial score (nSPS) is 27.1. The summed E-state index contributed by atoms with van der Waals surface area (Å²) in [5, 5.41) is 1.83. The van der Waals surface area contributed by atoms with Crippen LogP contribution in [0.15, 0.2) is 35.2 Å². The van der Waals surface area contributed by atoms with Gasteiger partial charge in [-0.05, 0) is 49.3 Å². The van der Waals surface area contributed by atoms with E-state index in [1.54, 1.807) is 5.51 Å². The fourth-order valence-corrected chi connectivity index (χ4v) is 4.49. The van der Waals surface area contributed by atoms with Crippen LogP contribution in [0.25, 0.3) is 0 Å². The van der Waals surface area contributed by atoms with Crippen LogP contribution >= 0.6 is 11.3 Å². The Kier molecular flexibility index (Phi) is 3.45. The van der Waals surface area contributed by atoms with Crippen molar-refractivity contribution in [1.29, 1.82) is 0 Å². The summed E-state index contributed by atoms with van der Waals surface area (Å²) in [6, 6.07) is 7.42. The van der Waals surface area contributed by atoms with Gasteiger partial charge in [0.05, 0.1) is 5.51 Å². The van der Waals surface area contributed by atoms with Crippen molar-refractivity contribution in [3.05, 3.63) is 52.2 Å². The summed E-state index contributed by atoms with van der Waals surface area (Å²) in [7, 11) is 0. The molecule has 1 aromatic carbocycles. The zero-order chi connectivity index (χ0) is 15.1. The Bertz CT molecular complexity index is 656. The SMILES string of the molecule is O=C(c1cscn1)N1[C@@H]2CC[C@H]1C[C@@H](c1ccc(F)cc1)C2. The predicted molar refractivity (Wildman–Crippen MR) is 83.5 cm³/mol. The highest BCUT2D eigenvalue weighted by molar-refractivity contribution is 7.07. The predicted octanol–water partition coefficient (Wildman–Crippen LogP) is 3.83. The number of piperidine rings is 1. The number of amides is 1. The summed E-state index contributed by atoms with van der Waals surface area (Å²) >= 11 is 1.46. The van der Waals surface area contributed by atoms with Gasteiger partial charge in [0, 0.05) is 17.5 Å². The topological polar surface area (TPSA) is 33.2 Å². The van der Waals surface area contributed by atoms with Crippen LogP contribution < -0.4 is 0 Å². The van der Waals surface area contributed by atoms with E-state index in [0.717, 1.165) is 25.7 Å². The molecule has 0 spiro atoms. The van der Waals surface area contributed by atoms with E-state index in [1.807, 2.05) is 17.5 Å². The van der Waals surface area contributed by atoms with Crippen LogP contribution in [-0.2, 0) is 0 Å². The molecule has 2 aliphatic heterocycles. The van der Waals surface area contributed by atoms with E-state index in [2.05, 4.69) is 9.88 Å². The van der Waals surface area contributed by atoms with Gasteiger partial charge in [-0.15, -0.1) is 11.3 Å². The summed E-state index contributed by atoms with van der Waals surface area (Å²) in [6.45, 7) is 0. The van der Waals surface area contributed by atoms with E-state index in [1.165, 1.54) is 29.0 Å². The smallest absolute Gasteiger partial charge is 0.273 e. The standard InChI is InChI=1S/C17H17FN2OS/c18-13-3-1-11(2-4-13)12-7-14-5-6-15(8-12)20(14)17(21)16-9-22-10-19-16/h1-4,9-10,12,14-15H,5-8H2/t12-,14+,15-. The van der Waals surface area contributed by atoms with Crippen LogP contribution in [0.3, 0.4) is 0 Å². The average Bonchev–Trinajstić information content (AvgIpc) is 3.14. The van der Waals surface area contributed by atoms with Gasteiger partial charge in [-0.3, -0.25) is 4.79 Å². The first-order valence-corrected chi connectivity index (χ1v) is 8.63. The molecule has 4 rings (SSSR count). The van der Waals surface area contributed by atoms with Gasteiger partial charge in [-0.2, -0.15) is 0 Å². The number of benzene rings is 1. The maximum absolute atomic E-state index is 13.1. The van der Waals surface area contributed by atoms with Gasteiger partial charge < -0.3 is 4.90 Å². The molecule has 0 N–H and O–H groups in total. The maximum Gasteiger partial charge on any atom is 0.273 e. The van der Waals surface area contributed by atoms with E-state index < -0.39 is 0 Å². The van der Waals surface area contributed by atoms with E-state index in [-0.39, 0.29) is 11.7 Å². The van der Waals surface area contributed by atoms with E-state index in [4.69, 9.17) is 0 Å². The quantitative estimate of drug-likeness (QED) is 0.843. The van der Waals surface area contributed by atoms with Crippen molar-refractivity contribution in [1.82, 2.24) is 9.88 Å². The number of nitrogens with zero attached hydrogens (tertiary/aromatic N) is 2. The maximum atomic E-state index is 13.1. The lowest BCUT2D eigenvalue weighted by Gasteiger charge is -2.39.